The fourth-order valence-corrected chi connectivity index (χ4v) is 3.64. The van der Waals surface area contributed by atoms with Gasteiger partial charge in [-0.1, -0.05) is 48.6 Å². The van der Waals surface area contributed by atoms with Crippen LogP contribution in [0, 0.1) is 5.92 Å². The molecule has 4 nitrogen and oxygen atoms in total. The molecule has 2 aromatic rings. The van der Waals surface area contributed by atoms with Gasteiger partial charge in [0.25, 0.3) is 0 Å². The van der Waals surface area contributed by atoms with Crippen LogP contribution in [-0.4, -0.2) is 36.5 Å². The molecule has 1 aromatic carbocycles. The van der Waals surface area contributed by atoms with Crippen molar-refractivity contribution in [3.05, 3.63) is 40.9 Å². The average molecular weight is 303 g/mol. The first-order chi connectivity index (χ1) is 10.3. The van der Waals surface area contributed by atoms with Crippen molar-refractivity contribution in [2.75, 3.05) is 25.1 Å². The summed E-state index contributed by atoms with van der Waals surface area (Å²) in [5, 5.41) is 10.8. The largest absolute Gasteiger partial charge is 0.379 e. The number of hydrogen-bond acceptors (Lipinski definition) is 5. The lowest BCUT2D eigenvalue weighted by molar-refractivity contribution is 0.0498. The first-order valence-corrected chi connectivity index (χ1v) is 8.22. The van der Waals surface area contributed by atoms with E-state index in [1.54, 1.807) is 18.4 Å². The third-order valence-electron chi connectivity index (χ3n) is 4.12. The summed E-state index contributed by atoms with van der Waals surface area (Å²) in [6.07, 6.45) is 2.29. The van der Waals surface area contributed by atoms with E-state index in [9.17, 15) is 0 Å². The van der Waals surface area contributed by atoms with E-state index in [0.717, 1.165) is 36.1 Å². The van der Waals surface area contributed by atoms with Crippen molar-refractivity contribution in [1.29, 1.82) is 0 Å². The molecule has 1 fully saturated rings. The summed E-state index contributed by atoms with van der Waals surface area (Å²) in [5.41, 5.74) is 1.28. The van der Waals surface area contributed by atoms with Gasteiger partial charge < -0.3 is 9.64 Å². The Morgan fingerprint density at radius 3 is 2.86 bits per heavy atom. The number of hydrogen-bond donors (Lipinski definition) is 0. The fraction of sp³-hybridized carbons (Fsp3) is 0.500. The standard InChI is InChI=1S/C16H21N3OS/c1-12-8-9-19(11-14(12)20-2)16-18-17-15(21-16)10-13-6-4-3-5-7-13/h3-7,12,14H,8-11H2,1-2H3. The van der Waals surface area contributed by atoms with E-state index in [2.05, 4.69) is 46.3 Å². The van der Waals surface area contributed by atoms with E-state index in [1.165, 1.54) is 5.56 Å². The lowest BCUT2D eigenvalue weighted by Gasteiger charge is -2.35. The third kappa shape index (κ3) is 3.41. The molecule has 0 spiro atoms. The number of piperidine rings is 1. The third-order valence-corrected chi connectivity index (χ3v) is 5.10. The van der Waals surface area contributed by atoms with Crippen LogP contribution in [0.5, 0.6) is 0 Å². The molecule has 112 valence electrons. The Kier molecular flexibility index (Phi) is 4.51. The minimum Gasteiger partial charge on any atom is -0.379 e. The highest BCUT2D eigenvalue weighted by Gasteiger charge is 2.27. The molecule has 2 unspecified atom stereocenters. The zero-order chi connectivity index (χ0) is 14.7. The van der Waals surface area contributed by atoms with Gasteiger partial charge in [-0.3, -0.25) is 0 Å². The Labute approximate surface area is 129 Å². The Hall–Kier alpha value is -1.46. The van der Waals surface area contributed by atoms with Crippen molar-refractivity contribution in [2.24, 2.45) is 5.92 Å². The summed E-state index contributed by atoms with van der Waals surface area (Å²) in [4.78, 5) is 2.31. The van der Waals surface area contributed by atoms with Crippen molar-refractivity contribution < 1.29 is 4.74 Å². The number of nitrogens with zero attached hydrogens (tertiary/aromatic N) is 3. The number of aromatic nitrogens is 2. The molecule has 0 bridgehead atoms. The minimum atomic E-state index is 0.292. The second-order valence-corrected chi connectivity index (χ2v) is 6.67. The van der Waals surface area contributed by atoms with Gasteiger partial charge in [-0.2, -0.15) is 0 Å². The molecular formula is C16H21N3OS. The highest BCUT2D eigenvalue weighted by atomic mass is 32.1. The van der Waals surface area contributed by atoms with Crippen molar-refractivity contribution in [2.45, 2.75) is 25.9 Å². The highest BCUT2D eigenvalue weighted by molar-refractivity contribution is 7.15. The number of anilines is 1. The molecule has 0 aliphatic carbocycles. The number of rotatable bonds is 4. The van der Waals surface area contributed by atoms with Crippen LogP contribution < -0.4 is 4.90 Å². The van der Waals surface area contributed by atoms with E-state index in [-0.39, 0.29) is 0 Å². The molecule has 3 rings (SSSR count). The van der Waals surface area contributed by atoms with Crippen molar-refractivity contribution in [3.8, 4) is 0 Å². The predicted molar refractivity (Wildman–Crippen MR) is 85.9 cm³/mol. The summed E-state index contributed by atoms with van der Waals surface area (Å²) in [6, 6.07) is 10.4. The maximum absolute atomic E-state index is 5.57. The molecule has 2 heterocycles. The Balaban J connectivity index is 1.67. The molecule has 0 saturated carbocycles. The van der Waals surface area contributed by atoms with Crippen LogP contribution in [0.4, 0.5) is 5.13 Å². The molecule has 2 atom stereocenters. The molecule has 1 aliphatic rings. The van der Waals surface area contributed by atoms with Gasteiger partial charge in [0.15, 0.2) is 0 Å². The van der Waals surface area contributed by atoms with E-state index in [1.807, 2.05) is 6.07 Å². The number of ether oxygens (including phenoxy) is 1. The number of methoxy groups -OCH3 is 1. The second kappa shape index (κ2) is 6.54. The molecule has 1 aromatic heterocycles. The van der Waals surface area contributed by atoms with Gasteiger partial charge in [-0.15, -0.1) is 10.2 Å². The zero-order valence-electron chi connectivity index (χ0n) is 12.5. The Bertz CT molecular complexity index is 572. The van der Waals surface area contributed by atoms with Gasteiger partial charge in [0.05, 0.1) is 6.10 Å². The average Bonchev–Trinajstić information content (AvgIpc) is 2.97. The van der Waals surface area contributed by atoms with Gasteiger partial charge in [-0.25, -0.2) is 0 Å². The monoisotopic (exact) mass is 303 g/mol. The second-order valence-electron chi connectivity index (χ2n) is 5.63. The van der Waals surface area contributed by atoms with Gasteiger partial charge in [0, 0.05) is 26.6 Å². The SMILES string of the molecule is COC1CN(c2nnc(Cc3ccccc3)s2)CCC1C. The topological polar surface area (TPSA) is 38.2 Å². The lowest BCUT2D eigenvalue weighted by Crippen LogP contribution is -2.43. The Morgan fingerprint density at radius 2 is 2.10 bits per heavy atom. The maximum Gasteiger partial charge on any atom is 0.208 e. The summed E-state index contributed by atoms with van der Waals surface area (Å²) < 4.78 is 5.57. The van der Waals surface area contributed by atoms with Crippen molar-refractivity contribution in [3.63, 3.8) is 0 Å². The van der Waals surface area contributed by atoms with Crippen LogP contribution in [0.25, 0.3) is 0 Å². The van der Waals surface area contributed by atoms with Gasteiger partial charge >= 0.3 is 0 Å². The van der Waals surface area contributed by atoms with Crippen molar-refractivity contribution >= 4 is 16.5 Å². The van der Waals surface area contributed by atoms with Crippen LogP contribution in [0.2, 0.25) is 0 Å². The van der Waals surface area contributed by atoms with Crippen LogP contribution in [0.1, 0.15) is 23.9 Å². The summed E-state index contributed by atoms with van der Waals surface area (Å²) >= 11 is 1.70. The van der Waals surface area contributed by atoms with Crippen LogP contribution in [0.3, 0.4) is 0 Å². The first kappa shape index (κ1) is 14.5. The van der Waals surface area contributed by atoms with E-state index < -0.39 is 0 Å². The quantitative estimate of drug-likeness (QED) is 0.870. The van der Waals surface area contributed by atoms with Crippen LogP contribution in [-0.2, 0) is 11.2 Å². The molecule has 0 radical (unpaired) electrons. The highest BCUT2D eigenvalue weighted by Crippen LogP contribution is 2.28. The lowest BCUT2D eigenvalue weighted by atomic mass is 9.96. The van der Waals surface area contributed by atoms with E-state index in [0.29, 0.717) is 12.0 Å². The van der Waals surface area contributed by atoms with Gasteiger partial charge in [0.2, 0.25) is 5.13 Å². The van der Waals surface area contributed by atoms with Gasteiger partial charge in [-0.05, 0) is 17.9 Å². The molecule has 1 saturated heterocycles. The zero-order valence-corrected chi connectivity index (χ0v) is 13.3. The predicted octanol–water partition coefficient (Wildman–Crippen LogP) is 2.99. The molecule has 5 heteroatoms. The van der Waals surface area contributed by atoms with Crippen LogP contribution in [0.15, 0.2) is 30.3 Å². The van der Waals surface area contributed by atoms with E-state index in [4.69, 9.17) is 4.74 Å². The van der Waals surface area contributed by atoms with Gasteiger partial charge in [0.1, 0.15) is 5.01 Å². The molecule has 0 N–H and O–H groups in total. The van der Waals surface area contributed by atoms with Crippen LogP contribution >= 0.6 is 11.3 Å². The molecule has 1 aliphatic heterocycles. The maximum atomic E-state index is 5.57. The normalized spacial score (nSPS) is 22.5. The number of benzene rings is 1. The summed E-state index contributed by atoms with van der Waals surface area (Å²) in [5.74, 6) is 0.614. The minimum absolute atomic E-state index is 0.292. The molecular weight excluding hydrogens is 282 g/mol. The molecule has 0 amide bonds. The Morgan fingerprint density at radius 1 is 1.29 bits per heavy atom. The summed E-state index contributed by atoms with van der Waals surface area (Å²) in [6.45, 7) is 4.21. The fourth-order valence-electron chi connectivity index (χ4n) is 2.73. The molecule has 21 heavy (non-hydrogen) atoms. The van der Waals surface area contributed by atoms with Crippen molar-refractivity contribution in [1.82, 2.24) is 10.2 Å². The smallest absolute Gasteiger partial charge is 0.208 e. The van der Waals surface area contributed by atoms with E-state index >= 15 is 0 Å². The summed E-state index contributed by atoms with van der Waals surface area (Å²) in [7, 11) is 1.80. The first-order valence-electron chi connectivity index (χ1n) is 7.40.